The van der Waals surface area contributed by atoms with E-state index in [1.165, 1.54) is 17.4 Å². The van der Waals surface area contributed by atoms with Gasteiger partial charge in [-0.3, -0.25) is 4.98 Å². The van der Waals surface area contributed by atoms with E-state index in [0.29, 0.717) is 4.88 Å². The van der Waals surface area contributed by atoms with E-state index < -0.39 is 0 Å². The van der Waals surface area contributed by atoms with Crippen LogP contribution in [0.4, 0.5) is 4.39 Å². The molecule has 0 atom stereocenters. The van der Waals surface area contributed by atoms with Crippen LogP contribution in [-0.2, 0) is 0 Å². The molecule has 0 aromatic carbocycles. The van der Waals surface area contributed by atoms with Gasteiger partial charge in [0, 0.05) is 22.8 Å². The summed E-state index contributed by atoms with van der Waals surface area (Å²) in [6.45, 7) is 1.69. The van der Waals surface area contributed by atoms with E-state index in [9.17, 15) is 4.39 Å². The lowest BCUT2D eigenvalue weighted by molar-refractivity contribution is 0.762. The summed E-state index contributed by atoms with van der Waals surface area (Å²) in [6, 6.07) is 7.55. The monoisotopic (exact) mass is 219 g/mol. The van der Waals surface area contributed by atoms with Crippen LogP contribution in [0.3, 0.4) is 0 Å². The third-order valence-corrected chi connectivity index (χ3v) is 3.18. The maximum Gasteiger partial charge on any atom is 0.136 e. The van der Waals surface area contributed by atoms with E-state index in [0.717, 1.165) is 10.4 Å². The Bertz CT molecular complexity index is 473. The second kappa shape index (κ2) is 4.36. The summed E-state index contributed by atoms with van der Waals surface area (Å²) in [7, 11) is 0. The van der Waals surface area contributed by atoms with Crippen molar-refractivity contribution in [2.24, 2.45) is 0 Å². The van der Waals surface area contributed by atoms with Crippen molar-refractivity contribution < 1.29 is 4.39 Å². The summed E-state index contributed by atoms with van der Waals surface area (Å²) in [5.74, 6) is -0.171. The predicted molar refractivity (Wildman–Crippen MR) is 62.3 cm³/mol. The van der Waals surface area contributed by atoms with E-state index in [1.807, 2.05) is 18.2 Å². The smallest absolute Gasteiger partial charge is 0.136 e. The fraction of sp³-hybridized carbons (Fsp3) is 0.0833. The fourth-order valence-electron chi connectivity index (χ4n) is 1.27. The molecule has 0 aliphatic rings. The number of pyridine rings is 1. The van der Waals surface area contributed by atoms with Crippen molar-refractivity contribution in [3.63, 3.8) is 0 Å². The summed E-state index contributed by atoms with van der Waals surface area (Å²) >= 11 is 1.44. The van der Waals surface area contributed by atoms with Crippen molar-refractivity contribution in [1.82, 2.24) is 4.98 Å². The molecule has 2 heterocycles. The Hall–Kier alpha value is -1.48. The third kappa shape index (κ3) is 2.13. The standard InChI is InChI=1S/C12H10FNS/c1-2-10(13)12-6-5-11(15-12)9-4-3-7-14-8-9/h2-8H,1H3/b10-2+. The Morgan fingerprint density at radius 1 is 1.40 bits per heavy atom. The zero-order valence-electron chi connectivity index (χ0n) is 8.27. The molecule has 3 heteroatoms. The van der Waals surface area contributed by atoms with Gasteiger partial charge < -0.3 is 0 Å². The molecule has 2 aromatic rings. The van der Waals surface area contributed by atoms with Crippen LogP contribution in [-0.4, -0.2) is 4.98 Å². The fourth-order valence-corrected chi connectivity index (χ4v) is 2.24. The topological polar surface area (TPSA) is 12.9 Å². The lowest BCUT2D eigenvalue weighted by Gasteiger charge is -1.94. The summed E-state index contributed by atoms with van der Waals surface area (Å²) < 4.78 is 13.2. The van der Waals surface area contributed by atoms with Crippen LogP contribution < -0.4 is 0 Å². The molecule has 76 valence electrons. The number of halogens is 1. The molecule has 2 rings (SSSR count). The minimum atomic E-state index is -0.171. The van der Waals surface area contributed by atoms with E-state index in [1.54, 1.807) is 25.4 Å². The van der Waals surface area contributed by atoms with Gasteiger partial charge in [-0.2, -0.15) is 0 Å². The summed E-state index contributed by atoms with van der Waals surface area (Å²) in [4.78, 5) is 5.73. The van der Waals surface area contributed by atoms with Gasteiger partial charge in [-0.1, -0.05) is 12.1 Å². The van der Waals surface area contributed by atoms with Crippen LogP contribution in [0.25, 0.3) is 16.3 Å². The van der Waals surface area contributed by atoms with Crippen molar-refractivity contribution in [1.29, 1.82) is 0 Å². The highest BCUT2D eigenvalue weighted by Crippen LogP contribution is 2.31. The van der Waals surface area contributed by atoms with Crippen LogP contribution >= 0.6 is 11.3 Å². The number of aromatic nitrogens is 1. The molecule has 0 amide bonds. The van der Waals surface area contributed by atoms with Gasteiger partial charge in [-0.05, 0) is 25.1 Å². The largest absolute Gasteiger partial charge is 0.264 e. The Labute approximate surface area is 91.9 Å². The molecule has 15 heavy (non-hydrogen) atoms. The highest BCUT2D eigenvalue weighted by molar-refractivity contribution is 7.16. The van der Waals surface area contributed by atoms with Gasteiger partial charge in [0.25, 0.3) is 0 Å². The SMILES string of the molecule is C/C=C(/F)c1ccc(-c2cccnc2)s1. The third-order valence-electron chi connectivity index (χ3n) is 2.04. The Morgan fingerprint density at radius 3 is 2.93 bits per heavy atom. The van der Waals surface area contributed by atoms with Crippen LogP contribution in [0.15, 0.2) is 42.7 Å². The first-order chi connectivity index (χ1) is 7.31. The van der Waals surface area contributed by atoms with Gasteiger partial charge in [-0.25, -0.2) is 4.39 Å². The molecule has 0 saturated carbocycles. The molecule has 0 spiro atoms. The molecule has 0 unspecified atom stereocenters. The summed E-state index contributed by atoms with van der Waals surface area (Å²) in [6.07, 6.45) is 4.98. The van der Waals surface area contributed by atoms with Crippen molar-refractivity contribution >= 4 is 17.2 Å². The van der Waals surface area contributed by atoms with Gasteiger partial charge in [0.15, 0.2) is 0 Å². The van der Waals surface area contributed by atoms with Gasteiger partial charge in [0.1, 0.15) is 5.83 Å². The highest BCUT2D eigenvalue weighted by Gasteiger charge is 2.05. The average molecular weight is 219 g/mol. The molecule has 0 bridgehead atoms. The van der Waals surface area contributed by atoms with Gasteiger partial charge in [0.05, 0.1) is 4.88 Å². The minimum Gasteiger partial charge on any atom is -0.264 e. The normalized spacial score (nSPS) is 11.7. The second-order valence-electron chi connectivity index (χ2n) is 3.04. The van der Waals surface area contributed by atoms with E-state index in [4.69, 9.17) is 0 Å². The molecule has 0 fully saturated rings. The maximum absolute atomic E-state index is 13.2. The molecule has 0 aliphatic carbocycles. The molecule has 1 nitrogen and oxygen atoms in total. The molecular formula is C12H10FNS. The van der Waals surface area contributed by atoms with E-state index in [2.05, 4.69) is 4.98 Å². The first-order valence-electron chi connectivity index (χ1n) is 4.63. The zero-order chi connectivity index (χ0) is 10.7. The van der Waals surface area contributed by atoms with Crippen molar-refractivity contribution in [2.45, 2.75) is 6.92 Å². The van der Waals surface area contributed by atoms with E-state index >= 15 is 0 Å². The number of hydrogen-bond acceptors (Lipinski definition) is 2. The van der Waals surface area contributed by atoms with Gasteiger partial charge in [0.2, 0.25) is 0 Å². The highest BCUT2D eigenvalue weighted by atomic mass is 32.1. The Morgan fingerprint density at radius 2 is 2.27 bits per heavy atom. The van der Waals surface area contributed by atoms with Crippen molar-refractivity contribution in [2.75, 3.05) is 0 Å². The molecule has 0 radical (unpaired) electrons. The van der Waals surface area contributed by atoms with Crippen LogP contribution in [0, 0.1) is 0 Å². The lowest BCUT2D eigenvalue weighted by Crippen LogP contribution is -1.72. The Kier molecular flexibility index (Phi) is 2.92. The van der Waals surface area contributed by atoms with Crippen LogP contribution in [0.1, 0.15) is 11.8 Å². The molecule has 2 aromatic heterocycles. The average Bonchev–Trinajstić information content (AvgIpc) is 2.78. The molecule has 0 N–H and O–H groups in total. The van der Waals surface area contributed by atoms with Crippen LogP contribution in [0.2, 0.25) is 0 Å². The van der Waals surface area contributed by atoms with Gasteiger partial charge in [-0.15, -0.1) is 11.3 Å². The van der Waals surface area contributed by atoms with Crippen LogP contribution in [0.5, 0.6) is 0 Å². The molecular weight excluding hydrogens is 209 g/mol. The van der Waals surface area contributed by atoms with Gasteiger partial charge >= 0.3 is 0 Å². The van der Waals surface area contributed by atoms with E-state index in [-0.39, 0.29) is 5.83 Å². The van der Waals surface area contributed by atoms with Crippen molar-refractivity contribution in [3.05, 3.63) is 47.6 Å². The molecule has 0 saturated heterocycles. The summed E-state index contributed by atoms with van der Waals surface area (Å²) in [5.41, 5.74) is 1.03. The lowest BCUT2D eigenvalue weighted by atomic mass is 10.2. The number of hydrogen-bond donors (Lipinski definition) is 0. The zero-order valence-corrected chi connectivity index (χ0v) is 9.09. The molecule has 0 aliphatic heterocycles. The first-order valence-corrected chi connectivity index (χ1v) is 5.45. The Balaban J connectivity index is 2.36. The summed E-state index contributed by atoms with van der Waals surface area (Å²) in [5, 5.41) is 0. The maximum atomic E-state index is 13.2. The number of thiophene rings is 1. The minimum absolute atomic E-state index is 0.171. The quantitative estimate of drug-likeness (QED) is 0.739. The number of nitrogens with zero attached hydrogens (tertiary/aromatic N) is 1. The number of rotatable bonds is 2. The second-order valence-corrected chi connectivity index (χ2v) is 4.13. The number of allylic oxidation sites excluding steroid dienone is 1. The first kappa shape index (κ1) is 10.1. The predicted octanol–water partition coefficient (Wildman–Crippen LogP) is 4.14. The van der Waals surface area contributed by atoms with Crippen molar-refractivity contribution in [3.8, 4) is 10.4 Å².